The zero-order valence-corrected chi connectivity index (χ0v) is 15.1. The zero-order valence-electron chi connectivity index (χ0n) is 12.9. The van der Waals surface area contributed by atoms with Crippen LogP contribution in [0.5, 0.6) is 0 Å². The van der Waals surface area contributed by atoms with Crippen LogP contribution in [0, 0.1) is 5.92 Å². The summed E-state index contributed by atoms with van der Waals surface area (Å²) >= 11 is 2.38. The van der Waals surface area contributed by atoms with E-state index >= 15 is 0 Å². The molecule has 0 amide bonds. The third kappa shape index (κ3) is 3.18. The summed E-state index contributed by atoms with van der Waals surface area (Å²) in [4.78, 5) is 2.39. The van der Waals surface area contributed by atoms with Crippen LogP contribution < -0.4 is 16.5 Å². The Balaban J connectivity index is 1.38. The number of halogens is 1. The number of dihydropyridines is 1. The minimum Gasteiger partial charge on any atom is -0.366 e. The van der Waals surface area contributed by atoms with Crippen LogP contribution >= 0.6 is 22.9 Å². The van der Waals surface area contributed by atoms with E-state index in [1.807, 2.05) is 0 Å². The standard InChI is InChI=1S/C15H22IN7/c16-23-9-13(10-4-5-10)19-15(23)12-2-1-3-14(18-12)22-7-6-11(8-22)20-21-17/h1-3,9-11,14-15,18-19H,4-8H2,(H2,17,20)/t11-,14?,15?/m1/s1. The molecule has 3 atom stereocenters. The first kappa shape index (κ1) is 15.3. The zero-order chi connectivity index (χ0) is 15.8. The summed E-state index contributed by atoms with van der Waals surface area (Å²) in [7, 11) is 0. The van der Waals surface area contributed by atoms with Crippen LogP contribution in [0.4, 0.5) is 0 Å². The fourth-order valence-corrected chi connectivity index (χ4v) is 4.16. The van der Waals surface area contributed by atoms with Crippen molar-refractivity contribution >= 4 is 22.9 Å². The molecule has 0 aromatic rings. The average molecular weight is 427 g/mol. The van der Waals surface area contributed by atoms with Crippen molar-refractivity contribution in [2.24, 2.45) is 22.1 Å². The second kappa shape index (κ2) is 6.31. The summed E-state index contributed by atoms with van der Waals surface area (Å²) in [6, 6.07) is 0.221. The Labute approximate surface area is 150 Å². The van der Waals surface area contributed by atoms with Gasteiger partial charge in [0.2, 0.25) is 0 Å². The molecule has 7 nitrogen and oxygen atoms in total. The van der Waals surface area contributed by atoms with Crippen LogP contribution in [0.2, 0.25) is 0 Å². The van der Waals surface area contributed by atoms with Gasteiger partial charge in [-0.3, -0.25) is 8.01 Å². The largest absolute Gasteiger partial charge is 0.366 e. The van der Waals surface area contributed by atoms with Crippen molar-refractivity contribution in [3.05, 3.63) is 35.8 Å². The van der Waals surface area contributed by atoms with Crippen LogP contribution in [-0.2, 0) is 0 Å². The molecule has 1 saturated heterocycles. The molecule has 8 heteroatoms. The van der Waals surface area contributed by atoms with E-state index in [1.54, 1.807) is 0 Å². The number of likely N-dealkylation sites (tertiary alicyclic amines) is 1. The minimum absolute atomic E-state index is 0.195. The van der Waals surface area contributed by atoms with Crippen molar-refractivity contribution in [1.29, 1.82) is 0 Å². The predicted octanol–water partition coefficient (Wildman–Crippen LogP) is 1.59. The first-order valence-electron chi connectivity index (χ1n) is 8.16. The fraction of sp³-hybridized carbons (Fsp3) is 0.600. The van der Waals surface area contributed by atoms with E-state index in [0.717, 1.165) is 25.4 Å². The van der Waals surface area contributed by atoms with Crippen molar-refractivity contribution in [3.63, 3.8) is 0 Å². The monoisotopic (exact) mass is 427 g/mol. The molecule has 23 heavy (non-hydrogen) atoms. The van der Waals surface area contributed by atoms with Crippen molar-refractivity contribution in [2.45, 2.75) is 37.6 Å². The van der Waals surface area contributed by atoms with Crippen molar-refractivity contribution in [3.8, 4) is 0 Å². The van der Waals surface area contributed by atoms with Crippen molar-refractivity contribution in [2.75, 3.05) is 13.1 Å². The van der Waals surface area contributed by atoms with E-state index in [2.05, 4.69) is 76.3 Å². The van der Waals surface area contributed by atoms with Crippen molar-refractivity contribution in [1.82, 2.24) is 18.6 Å². The summed E-state index contributed by atoms with van der Waals surface area (Å²) in [6.07, 6.45) is 12.8. The molecule has 0 radical (unpaired) electrons. The van der Waals surface area contributed by atoms with Gasteiger partial charge in [-0.25, -0.2) is 0 Å². The highest BCUT2D eigenvalue weighted by molar-refractivity contribution is 14.1. The smallest absolute Gasteiger partial charge is 0.148 e. The molecular formula is C15H22IN7. The Morgan fingerprint density at radius 3 is 2.87 bits per heavy atom. The van der Waals surface area contributed by atoms with Gasteiger partial charge in [-0.1, -0.05) is 11.3 Å². The van der Waals surface area contributed by atoms with Crippen LogP contribution in [0.25, 0.3) is 0 Å². The van der Waals surface area contributed by atoms with E-state index < -0.39 is 0 Å². The van der Waals surface area contributed by atoms with Gasteiger partial charge in [-0.2, -0.15) is 5.11 Å². The number of nitrogens with zero attached hydrogens (tertiary/aromatic N) is 4. The average Bonchev–Trinajstić information content (AvgIpc) is 3.18. The number of hydrogen-bond acceptors (Lipinski definition) is 6. The summed E-state index contributed by atoms with van der Waals surface area (Å²) in [5.74, 6) is 5.92. The maximum Gasteiger partial charge on any atom is 0.148 e. The van der Waals surface area contributed by atoms with Gasteiger partial charge in [-0.15, -0.1) is 0 Å². The summed E-state index contributed by atoms with van der Waals surface area (Å²) in [5.41, 5.74) is 2.59. The highest BCUT2D eigenvalue weighted by atomic mass is 127. The molecule has 2 unspecified atom stereocenters. The van der Waals surface area contributed by atoms with E-state index in [0.29, 0.717) is 0 Å². The van der Waals surface area contributed by atoms with Crippen LogP contribution in [-0.4, -0.2) is 39.5 Å². The summed E-state index contributed by atoms with van der Waals surface area (Å²) < 4.78 is 2.23. The highest BCUT2D eigenvalue weighted by Crippen LogP contribution is 2.39. The van der Waals surface area contributed by atoms with Gasteiger partial charge < -0.3 is 16.5 Å². The molecule has 0 aromatic heterocycles. The van der Waals surface area contributed by atoms with Crippen LogP contribution in [0.15, 0.2) is 46.2 Å². The number of nitrogens with two attached hydrogens (primary N) is 1. The molecule has 124 valence electrons. The third-order valence-electron chi connectivity index (χ3n) is 4.83. The molecule has 4 rings (SSSR count). The lowest BCUT2D eigenvalue weighted by Gasteiger charge is -2.33. The van der Waals surface area contributed by atoms with Crippen LogP contribution in [0.3, 0.4) is 0 Å². The second-order valence-corrected chi connectivity index (χ2v) is 7.63. The van der Waals surface area contributed by atoms with Gasteiger partial charge in [0.15, 0.2) is 0 Å². The Bertz CT molecular complexity index is 580. The lowest BCUT2D eigenvalue weighted by atomic mass is 10.2. The number of rotatable bonds is 4. The Morgan fingerprint density at radius 1 is 1.22 bits per heavy atom. The van der Waals surface area contributed by atoms with Gasteiger partial charge in [0.05, 0.1) is 40.8 Å². The molecular weight excluding hydrogens is 405 g/mol. The Hall–Kier alpha value is -1.29. The first-order chi connectivity index (χ1) is 11.2. The molecule has 2 fully saturated rings. The summed E-state index contributed by atoms with van der Waals surface area (Å²) in [6.45, 7) is 1.91. The van der Waals surface area contributed by atoms with Crippen LogP contribution in [0.1, 0.15) is 19.3 Å². The maximum atomic E-state index is 5.18. The van der Waals surface area contributed by atoms with Gasteiger partial charge in [0.25, 0.3) is 0 Å². The maximum absolute atomic E-state index is 5.18. The van der Waals surface area contributed by atoms with Gasteiger partial charge in [0, 0.05) is 30.9 Å². The van der Waals surface area contributed by atoms with Gasteiger partial charge >= 0.3 is 0 Å². The number of hydrogen-bond donors (Lipinski definition) is 3. The quantitative estimate of drug-likeness (QED) is 0.209. The molecule has 3 aliphatic heterocycles. The summed E-state index contributed by atoms with van der Waals surface area (Å²) in [5, 5.41) is 14.8. The predicted molar refractivity (Wildman–Crippen MR) is 96.8 cm³/mol. The van der Waals surface area contributed by atoms with Gasteiger partial charge in [-0.05, 0) is 31.4 Å². The van der Waals surface area contributed by atoms with E-state index in [9.17, 15) is 0 Å². The molecule has 0 aromatic carbocycles. The van der Waals surface area contributed by atoms with Crippen molar-refractivity contribution < 1.29 is 0 Å². The molecule has 0 spiro atoms. The molecule has 4 aliphatic rings. The highest BCUT2D eigenvalue weighted by Gasteiger charge is 2.36. The van der Waals surface area contributed by atoms with Gasteiger partial charge in [0.1, 0.15) is 6.17 Å². The minimum atomic E-state index is 0.195. The van der Waals surface area contributed by atoms with E-state index in [-0.39, 0.29) is 18.4 Å². The number of nitrogens with one attached hydrogen (secondary N) is 2. The lowest BCUT2D eigenvalue weighted by Crippen LogP contribution is -2.49. The number of allylic oxidation sites excluding steroid dienone is 3. The molecule has 1 saturated carbocycles. The normalized spacial score (nSPS) is 34.5. The molecule has 1 aliphatic carbocycles. The van der Waals surface area contributed by atoms with E-state index in [1.165, 1.54) is 24.2 Å². The molecule has 0 bridgehead atoms. The fourth-order valence-electron chi connectivity index (χ4n) is 3.42. The topological polar surface area (TPSA) is 81.3 Å². The molecule has 3 heterocycles. The molecule has 4 N–H and O–H groups in total. The first-order valence-corrected chi connectivity index (χ1v) is 9.12. The Kier molecular flexibility index (Phi) is 4.18. The lowest BCUT2D eigenvalue weighted by molar-refractivity contribution is 0.245. The second-order valence-electron chi connectivity index (χ2n) is 6.51. The SMILES string of the molecule is NN=N[C@@H]1CCN(C2C=CC=C(C3NC(C4CC4)=CN3I)N2)C1. The third-order valence-corrected chi connectivity index (χ3v) is 5.66. The Morgan fingerprint density at radius 2 is 2.09 bits per heavy atom. The van der Waals surface area contributed by atoms with E-state index in [4.69, 9.17) is 5.84 Å².